The van der Waals surface area contributed by atoms with E-state index in [0.717, 1.165) is 0 Å². The highest BCUT2D eigenvalue weighted by Gasteiger charge is 2.18. The molecule has 6 heteroatoms. The monoisotopic (exact) mass is 252 g/mol. The van der Waals surface area contributed by atoms with E-state index in [1.54, 1.807) is 0 Å². The molecule has 0 aliphatic rings. The van der Waals surface area contributed by atoms with Crippen molar-refractivity contribution in [2.45, 2.75) is 13.0 Å². The summed E-state index contributed by atoms with van der Waals surface area (Å²) in [5.74, 6) is 0. The summed E-state index contributed by atoms with van der Waals surface area (Å²) in [6.07, 6.45) is -1.48. The predicted octanol–water partition coefficient (Wildman–Crippen LogP) is 1.86. The zero-order chi connectivity index (χ0) is 10.0. The molecule has 13 heavy (non-hydrogen) atoms. The highest BCUT2D eigenvalue weighted by Crippen LogP contribution is 2.33. The van der Waals surface area contributed by atoms with Gasteiger partial charge in [-0.1, -0.05) is 0 Å². The molecule has 0 amide bonds. The number of nitrogens with two attached hydrogens (primary N) is 1. The number of aromatic nitrogens is 1. The lowest BCUT2D eigenvalue weighted by atomic mass is 10.2. The van der Waals surface area contributed by atoms with Gasteiger partial charge in [0.05, 0.1) is 23.6 Å². The maximum atomic E-state index is 12.4. The highest BCUT2D eigenvalue weighted by molar-refractivity contribution is 9.10. The molecule has 1 heterocycles. The molecule has 1 rings (SSSR count). The minimum absolute atomic E-state index is 0.0681. The highest BCUT2D eigenvalue weighted by atomic mass is 79.9. The number of alkyl halides is 2. The molecule has 3 nitrogen and oxygen atoms in total. The van der Waals surface area contributed by atoms with Gasteiger partial charge in [0.25, 0.3) is 6.43 Å². The molecule has 0 aliphatic carbocycles. The van der Waals surface area contributed by atoms with Crippen LogP contribution in [0.2, 0.25) is 0 Å². The maximum Gasteiger partial charge on any atom is 0.267 e. The molecule has 0 unspecified atom stereocenters. The first-order valence-corrected chi connectivity index (χ1v) is 4.19. The largest absolute Gasteiger partial charge is 0.397 e. The van der Waals surface area contributed by atoms with Gasteiger partial charge in [0, 0.05) is 10.7 Å². The Hall–Kier alpha value is -0.750. The van der Waals surface area contributed by atoms with Crippen LogP contribution in [0.4, 0.5) is 14.5 Å². The van der Waals surface area contributed by atoms with Crippen LogP contribution in [0.3, 0.4) is 0 Å². The average Bonchev–Trinajstić information content (AvgIpc) is 2.04. The van der Waals surface area contributed by atoms with Crippen LogP contribution in [0.1, 0.15) is 17.7 Å². The summed E-state index contributed by atoms with van der Waals surface area (Å²) in [6.45, 7) is -0.446. The van der Waals surface area contributed by atoms with E-state index < -0.39 is 13.0 Å². The number of aliphatic hydroxyl groups excluding tert-OH is 1. The molecule has 0 atom stereocenters. The lowest BCUT2D eigenvalue weighted by molar-refractivity contribution is 0.151. The molecular weight excluding hydrogens is 246 g/mol. The van der Waals surface area contributed by atoms with Gasteiger partial charge < -0.3 is 10.8 Å². The van der Waals surface area contributed by atoms with Crippen LogP contribution >= 0.6 is 15.9 Å². The van der Waals surface area contributed by atoms with Crippen molar-refractivity contribution in [1.82, 2.24) is 4.98 Å². The van der Waals surface area contributed by atoms with Crippen molar-refractivity contribution in [2.24, 2.45) is 0 Å². The maximum absolute atomic E-state index is 12.4. The molecule has 0 bridgehead atoms. The van der Waals surface area contributed by atoms with E-state index in [2.05, 4.69) is 20.9 Å². The van der Waals surface area contributed by atoms with Crippen molar-refractivity contribution in [3.05, 3.63) is 21.9 Å². The zero-order valence-electron chi connectivity index (χ0n) is 6.47. The lowest BCUT2D eigenvalue weighted by Crippen LogP contribution is -2.04. The average molecular weight is 253 g/mol. The number of halogens is 3. The molecule has 72 valence electrons. The van der Waals surface area contributed by atoms with Crippen molar-refractivity contribution in [2.75, 3.05) is 5.73 Å². The van der Waals surface area contributed by atoms with Gasteiger partial charge in [-0.05, 0) is 15.9 Å². The molecule has 1 aromatic heterocycles. The molecule has 0 aromatic carbocycles. The first kappa shape index (κ1) is 10.3. The third-order valence-corrected chi connectivity index (χ3v) is 2.19. The first-order valence-electron chi connectivity index (χ1n) is 3.39. The number of hydrogen-bond donors (Lipinski definition) is 2. The summed E-state index contributed by atoms with van der Waals surface area (Å²) < 4.78 is 24.9. The number of pyridine rings is 1. The van der Waals surface area contributed by atoms with Crippen LogP contribution in [0.25, 0.3) is 0 Å². The second-order valence-corrected chi connectivity index (χ2v) is 3.19. The molecule has 0 saturated heterocycles. The van der Waals surface area contributed by atoms with E-state index in [1.165, 1.54) is 6.20 Å². The summed E-state index contributed by atoms with van der Waals surface area (Å²) in [4.78, 5) is 3.68. The van der Waals surface area contributed by atoms with Crippen LogP contribution in [-0.4, -0.2) is 10.1 Å². The molecule has 0 aliphatic heterocycles. The number of rotatable bonds is 2. The standard InChI is InChI=1S/C7H7BrF2N2O/c8-3-1-12-4(2-13)6(11)5(3)7(9)10/h1,7,13H,2,11H2. The van der Waals surface area contributed by atoms with Gasteiger partial charge in [-0.15, -0.1) is 0 Å². The number of hydrogen-bond acceptors (Lipinski definition) is 3. The summed E-state index contributed by atoms with van der Waals surface area (Å²) in [5.41, 5.74) is 4.95. The molecular formula is C7H7BrF2N2O. The number of anilines is 1. The lowest BCUT2D eigenvalue weighted by Gasteiger charge is -2.09. The summed E-state index contributed by atoms with van der Waals surface area (Å²) in [5, 5.41) is 8.71. The fraction of sp³-hybridized carbons (Fsp3) is 0.286. The van der Waals surface area contributed by atoms with Gasteiger partial charge in [-0.2, -0.15) is 0 Å². The predicted molar refractivity (Wildman–Crippen MR) is 47.2 cm³/mol. The van der Waals surface area contributed by atoms with Crippen LogP contribution in [0, 0.1) is 0 Å². The van der Waals surface area contributed by atoms with Crippen LogP contribution in [-0.2, 0) is 6.61 Å². The van der Waals surface area contributed by atoms with Crippen LogP contribution in [0.15, 0.2) is 10.7 Å². The second-order valence-electron chi connectivity index (χ2n) is 2.34. The number of nitrogen functional groups attached to an aromatic ring is 1. The SMILES string of the molecule is Nc1c(CO)ncc(Br)c1C(F)F. The molecule has 1 aromatic rings. The summed E-state index contributed by atoms with van der Waals surface area (Å²) >= 11 is 2.91. The minimum atomic E-state index is -2.68. The quantitative estimate of drug-likeness (QED) is 0.845. The zero-order valence-corrected chi connectivity index (χ0v) is 8.05. The molecule has 0 fully saturated rings. The Balaban J connectivity index is 3.30. The Morgan fingerprint density at radius 1 is 1.62 bits per heavy atom. The van der Waals surface area contributed by atoms with Crippen molar-refractivity contribution in [3.63, 3.8) is 0 Å². The topological polar surface area (TPSA) is 59.1 Å². The Kier molecular flexibility index (Phi) is 3.16. The Morgan fingerprint density at radius 3 is 2.69 bits per heavy atom. The van der Waals surface area contributed by atoms with Crippen molar-refractivity contribution < 1.29 is 13.9 Å². The van der Waals surface area contributed by atoms with Gasteiger partial charge in [0.2, 0.25) is 0 Å². The third-order valence-electron chi connectivity index (χ3n) is 1.56. The Labute approximate surface area is 81.7 Å². The molecule has 3 N–H and O–H groups in total. The Morgan fingerprint density at radius 2 is 2.23 bits per heavy atom. The van der Waals surface area contributed by atoms with Crippen LogP contribution < -0.4 is 5.73 Å². The second kappa shape index (κ2) is 3.97. The Bertz CT molecular complexity index is 320. The van der Waals surface area contributed by atoms with Crippen LogP contribution in [0.5, 0.6) is 0 Å². The molecule has 0 spiro atoms. The summed E-state index contributed by atoms with van der Waals surface area (Å²) in [6, 6.07) is 0. The van der Waals surface area contributed by atoms with E-state index in [4.69, 9.17) is 10.8 Å². The summed E-state index contributed by atoms with van der Waals surface area (Å²) in [7, 11) is 0. The fourth-order valence-electron chi connectivity index (χ4n) is 0.906. The van der Waals surface area contributed by atoms with Gasteiger partial charge in [0.1, 0.15) is 0 Å². The first-order chi connectivity index (χ1) is 6.07. The normalized spacial score (nSPS) is 10.8. The van der Waals surface area contributed by atoms with Gasteiger partial charge in [-0.3, -0.25) is 4.98 Å². The van der Waals surface area contributed by atoms with Crippen molar-refractivity contribution in [1.29, 1.82) is 0 Å². The number of nitrogens with zero attached hydrogens (tertiary/aromatic N) is 1. The van der Waals surface area contributed by atoms with Gasteiger partial charge >= 0.3 is 0 Å². The van der Waals surface area contributed by atoms with E-state index >= 15 is 0 Å². The van der Waals surface area contributed by atoms with E-state index in [-0.39, 0.29) is 21.4 Å². The molecule has 0 radical (unpaired) electrons. The van der Waals surface area contributed by atoms with E-state index in [0.29, 0.717) is 0 Å². The van der Waals surface area contributed by atoms with Crippen molar-refractivity contribution >= 4 is 21.6 Å². The number of aliphatic hydroxyl groups is 1. The molecule has 0 saturated carbocycles. The van der Waals surface area contributed by atoms with E-state index in [9.17, 15) is 8.78 Å². The smallest absolute Gasteiger partial charge is 0.267 e. The fourth-order valence-corrected chi connectivity index (χ4v) is 1.39. The van der Waals surface area contributed by atoms with Crippen molar-refractivity contribution in [3.8, 4) is 0 Å². The van der Waals surface area contributed by atoms with Gasteiger partial charge in [-0.25, -0.2) is 8.78 Å². The van der Waals surface area contributed by atoms with E-state index in [1.807, 2.05) is 0 Å². The minimum Gasteiger partial charge on any atom is -0.397 e. The third kappa shape index (κ3) is 1.94. The van der Waals surface area contributed by atoms with Gasteiger partial charge in [0.15, 0.2) is 0 Å².